The SMILES string of the molecule is Nc1ncc(CCSCCNC(=C[N+](=O)[O-])NCCSCc2ncccc2Cl)o1. The summed E-state index contributed by atoms with van der Waals surface area (Å²) in [5.41, 5.74) is 6.26. The fourth-order valence-corrected chi connectivity index (χ4v) is 4.06. The molecule has 12 heteroatoms. The molecule has 0 aromatic carbocycles. The molecule has 0 unspecified atom stereocenters. The number of anilines is 1. The lowest BCUT2D eigenvalue weighted by Crippen LogP contribution is -2.30. The Morgan fingerprint density at radius 1 is 1.28 bits per heavy atom. The van der Waals surface area contributed by atoms with Gasteiger partial charge in [-0.25, -0.2) is 4.98 Å². The van der Waals surface area contributed by atoms with Gasteiger partial charge in [0.25, 0.3) is 12.2 Å². The standard InChI is InChI=1S/C17H23ClN6O3S2/c18-14-2-1-4-20-15(14)12-29-9-6-22-16(11-24(25)26)21-5-8-28-7-3-13-10-23-17(19)27-13/h1-2,4,10-11,21-22H,3,5-9,12H2,(H2,19,23). The highest BCUT2D eigenvalue weighted by Crippen LogP contribution is 2.18. The third-order valence-electron chi connectivity index (χ3n) is 3.50. The largest absolute Gasteiger partial charge is 0.429 e. The van der Waals surface area contributed by atoms with E-state index in [-0.39, 0.29) is 6.01 Å². The van der Waals surface area contributed by atoms with Gasteiger partial charge in [0.2, 0.25) is 0 Å². The third kappa shape index (κ3) is 9.77. The Balaban J connectivity index is 1.59. The highest BCUT2D eigenvalue weighted by atomic mass is 35.5. The van der Waals surface area contributed by atoms with Crippen molar-refractivity contribution in [3.63, 3.8) is 0 Å². The molecule has 9 nitrogen and oxygen atoms in total. The Morgan fingerprint density at radius 2 is 2.03 bits per heavy atom. The third-order valence-corrected chi connectivity index (χ3v) is 5.80. The van der Waals surface area contributed by atoms with Crippen LogP contribution in [0.1, 0.15) is 11.5 Å². The number of nitrogens with zero attached hydrogens (tertiary/aromatic N) is 3. The summed E-state index contributed by atoms with van der Waals surface area (Å²) in [6.07, 6.45) is 5.02. The zero-order valence-corrected chi connectivity index (χ0v) is 18.1. The average Bonchev–Trinajstić information content (AvgIpc) is 3.10. The van der Waals surface area contributed by atoms with Crippen LogP contribution >= 0.6 is 35.1 Å². The van der Waals surface area contributed by atoms with Gasteiger partial charge in [0.15, 0.2) is 5.82 Å². The van der Waals surface area contributed by atoms with Gasteiger partial charge in [-0.3, -0.25) is 15.1 Å². The molecule has 2 rings (SSSR count). The summed E-state index contributed by atoms with van der Waals surface area (Å²) in [6, 6.07) is 3.78. The number of aromatic nitrogens is 2. The average molecular weight is 459 g/mol. The van der Waals surface area contributed by atoms with E-state index in [1.54, 1.807) is 42.0 Å². The van der Waals surface area contributed by atoms with E-state index in [9.17, 15) is 10.1 Å². The molecule has 0 fully saturated rings. The van der Waals surface area contributed by atoms with E-state index in [0.29, 0.717) is 29.7 Å². The fourth-order valence-electron chi connectivity index (χ4n) is 2.18. The molecular formula is C17H23ClN6O3S2. The van der Waals surface area contributed by atoms with Crippen LogP contribution in [0.15, 0.2) is 41.0 Å². The first-order valence-corrected chi connectivity index (χ1v) is 11.5. The molecular weight excluding hydrogens is 436 g/mol. The van der Waals surface area contributed by atoms with E-state index >= 15 is 0 Å². The lowest BCUT2D eigenvalue weighted by atomic mass is 10.4. The summed E-state index contributed by atoms with van der Waals surface area (Å²) in [7, 11) is 0. The Bertz CT molecular complexity index is 805. The number of halogens is 1. The van der Waals surface area contributed by atoms with Gasteiger partial charge in [-0.1, -0.05) is 11.6 Å². The number of aryl methyl sites for hydroxylation is 1. The predicted octanol–water partition coefficient (Wildman–Crippen LogP) is 2.77. The second kappa shape index (κ2) is 13.2. The molecule has 0 saturated heterocycles. The van der Waals surface area contributed by atoms with E-state index in [1.807, 2.05) is 6.07 Å². The number of thioether (sulfide) groups is 2. The monoisotopic (exact) mass is 458 g/mol. The maximum Gasteiger partial charge on any atom is 0.292 e. The van der Waals surface area contributed by atoms with E-state index < -0.39 is 4.92 Å². The first-order chi connectivity index (χ1) is 14.0. The molecule has 0 aliphatic heterocycles. The van der Waals surface area contributed by atoms with Crippen molar-refractivity contribution in [1.82, 2.24) is 20.6 Å². The van der Waals surface area contributed by atoms with Gasteiger partial charge in [-0.05, 0) is 12.1 Å². The Kier molecular flexibility index (Phi) is 10.5. The highest BCUT2D eigenvalue weighted by Gasteiger charge is 2.04. The zero-order chi connectivity index (χ0) is 20.9. The van der Waals surface area contributed by atoms with Crippen molar-refractivity contribution in [3.8, 4) is 0 Å². The van der Waals surface area contributed by atoms with Crippen LogP contribution in [0.2, 0.25) is 5.02 Å². The van der Waals surface area contributed by atoms with Crippen LogP contribution in [0.3, 0.4) is 0 Å². The second-order valence-corrected chi connectivity index (χ2v) is 8.43. The smallest absolute Gasteiger partial charge is 0.292 e. The summed E-state index contributed by atoms with van der Waals surface area (Å²) >= 11 is 9.44. The van der Waals surface area contributed by atoms with Crippen LogP contribution in [0.4, 0.5) is 6.01 Å². The van der Waals surface area contributed by atoms with Crippen LogP contribution in [0.5, 0.6) is 0 Å². The predicted molar refractivity (Wildman–Crippen MR) is 118 cm³/mol. The van der Waals surface area contributed by atoms with Gasteiger partial charge in [-0.2, -0.15) is 23.5 Å². The molecule has 29 heavy (non-hydrogen) atoms. The van der Waals surface area contributed by atoms with Gasteiger partial charge < -0.3 is 20.8 Å². The molecule has 2 aromatic rings. The fraction of sp³-hybridized carbons (Fsp3) is 0.412. The Morgan fingerprint density at radius 3 is 2.69 bits per heavy atom. The van der Waals surface area contributed by atoms with E-state index in [1.165, 1.54) is 0 Å². The molecule has 0 radical (unpaired) electrons. The lowest BCUT2D eigenvalue weighted by molar-refractivity contribution is -0.404. The zero-order valence-electron chi connectivity index (χ0n) is 15.7. The van der Waals surface area contributed by atoms with Gasteiger partial charge in [0.1, 0.15) is 5.76 Å². The quantitative estimate of drug-likeness (QED) is 0.220. The van der Waals surface area contributed by atoms with Crippen molar-refractivity contribution in [2.24, 2.45) is 0 Å². The molecule has 0 bridgehead atoms. The molecule has 158 valence electrons. The minimum absolute atomic E-state index is 0.175. The van der Waals surface area contributed by atoms with Crippen molar-refractivity contribution in [1.29, 1.82) is 0 Å². The molecule has 2 aromatic heterocycles. The first-order valence-electron chi connectivity index (χ1n) is 8.82. The number of nitro groups is 1. The number of rotatable bonds is 14. The Hall–Kier alpha value is -2.11. The van der Waals surface area contributed by atoms with E-state index in [2.05, 4.69) is 20.6 Å². The minimum atomic E-state index is -0.475. The molecule has 0 aliphatic carbocycles. The molecule has 0 atom stereocenters. The normalized spacial score (nSPS) is 11.4. The molecule has 0 saturated carbocycles. The van der Waals surface area contributed by atoms with Gasteiger partial charge >= 0.3 is 0 Å². The first kappa shape index (κ1) is 23.2. The number of nitrogens with one attached hydrogen (secondary N) is 2. The number of nitrogen functional groups attached to an aromatic ring is 1. The van der Waals surface area contributed by atoms with Crippen LogP contribution in [-0.2, 0) is 12.2 Å². The van der Waals surface area contributed by atoms with Crippen LogP contribution in [-0.4, -0.2) is 45.2 Å². The summed E-state index contributed by atoms with van der Waals surface area (Å²) in [6.45, 7) is 1.19. The summed E-state index contributed by atoms with van der Waals surface area (Å²) in [4.78, 5) is 18.4. The Labute approximate surface area is 182 Å². The van der Waals surface area contributed by atoms with Crippen molar-refractivity contribution >= 4 is 41.1 Å². The second-order valence-electron chi connectivity index (χ2n) is 5.69. The van der Waals surface area contributed by atoms with Crippen LogP contribution < -0.4 is 16.4 Å². The van der Waals surface area contributed by atoms with Gasteiger partial charge in [0, 0.05) is 48.7 Å². The summed E-state index contributed by atoms with van der Waals surface area (Å²) < 4.78 is 5.20. The van der Waals surface area contributed by atoms with Gasteiger partial charge in [0.05, 0.1) is 21.8 Å². The summed E-state index contributed by atoms with van der Waals surface area (Å²) in [5, 5.41) is 17.6. The molecule has 4 N–H and O–H groups in total. The minimum Gasteiger partial charge on any atom is -0.429 e. The van der Waals surface area contributed by atoms with Crippen molar-refractivity contribution < 1.29 is 9.34 Å². The number of nitrogens with two attached hydrogens (primary N) is 1. The number of pyridine rings is 1. The summed E-state index contributed by atoms with van der Waals surface area (Å²) in [5.74, 6) is 4.26. The lowest BCUT2D eigenvalue weighted by Gasteiger charge is -2.11. The van der Waals surface area contributed by atoms with E-state index in [4.69, 9.17) is 21.8 Å². The topological polar surface area (TPSA) is 132 Å². The van der Waals surface area contributed by atoms with E-state index in [0.717, 1.165) is 41.3 Å². The van der Waals surface area contributed by atoms with Gasteiger partial charge in [-0.15, -0.1) is 0 Å². The highest BCUT2D eigenvalue weighted by molar-refractivity contribution is 7.99. The van der Waals surface area contributed by atoms with Crippen molar-refractivity contribution in [3.05, 3.63) is 63.1 Å². The van der Waals surface area contributed by atoms with Crippen LogP contribution in [0.25, 0.3) is 0 Å². The number of oxazole rings is 1. The molecule has 0 amide bonds. The number of hydrogen-bond donors (Lipinski definition) is 3. The van der Waals surface area contributed by atoms with Crippen molar-refractivity contribution in [2.75, 3.05) is 36.1 Å². The number of hydrogen-bond acceptors (Lipinski definition) is 10. The molecule has 2 heterocycles. The maximum atomic E-state index is 10.8. The molecule has 0 aliphatic rings. The maximum absolute atomic E-state index is 10.8. The van der Waals surface area contributed by atoms with Crippen molar-refractivity contribution in [2.45, 2.75) is 12.2 Å². The molecule has 0 spiro atoms. The van der Waals surface area contributed by atoms with Crippen LogP contribution in [0, 0.1) is 10.1 Å².